The molecular formula is C11H16O3S2. The molecule has 1 N–H and O–H groups in total. The zero-order valence-corrected chi connectivity index (χ0v) is 10.9. The van der Waals surface area contributed by atoms with Crippen LogP contribution >= 0.6 is 11.8 Å². The summed E-state index contributed by atoms with van der Waals surface area (Å²) in [7, 11) is -2.84. The molecule has 0 atom stereocenters. The first kappa shape index (κ1) is 13.5. The number of hydrogen-bond donors (Lipinski definition) is 1. The van der Waals surface area contributed by atoms with E-state index in [9.17, 15) is 8.42 Å². The van der Waals surface area contributed by atoms with Gasteiger partial charge in [-0.05, 0) is 29.9 Å². The summed E-state index contributed by atoms with van der Waals surface area (Å²) < 4.78 is 21.8. The molecule has 0 aliphatic heterocycles. The lowest BCUT2D eigenvalue weighted by molar-refractivity contribution is 0.281. The van der Waals surface area contributed by atoms with Crippen molar-refractivity contribution in [3.63, 3.8) is 0 Å². The molecule has 0 saturated heterocycles. The molecule has 0 fully saturated rings. The van der Waals surface area contributed by atoms with Crippen molar-refractivity contribution in [2.24, 2.45) is 0 Å². The minimum absolute atomic E-state index is 0.0394. The van der Waals surface area contributed by atoms with Gasteiger partial charge in [0.1, 0.15) is 9.84 Å². The summed E-state index contributed by atoms with van der Waals surface area (Å²) in [6, 6.07) is 7.64. The minimum Gasteiger partial charge on any atom is -0.392 e. The van der Waals surface area contributed by atoms with Crippen LogP contribution in [0.25, 0.3) is 0 Å². The molecule has 1 rings (SSSR count). The van der Waals surface area contributed by atoms with Gasteiger partial charge in [0.25, 0.3) is 0 Å². The molecule has 0 spiro atoms. The van der Waals surface area contributed by atoms with E-state index in [2.05, 4.69) is 0 Å². The Morgan fingerprint density at radius 3 is 2.75 bits per heavy atom. The summed E-state index contributed by atoms with van der Waals surface area (Å²) in [5, 5.41) is 8.95. The number of hydrogen-bond acceptors (Lipinski definition) is 4. The second-order valence-electron chi connectivity index (χ2n) is 3.64. The van der Waals surface area contributed by atoms with Crippen molar-refractivity contribution < 1.29 is 13.5 Å². The van der Waals surface area contributed by atoms with E-state index in [0.29, 0.717) is 6.42 Å². The summed E-state index contributed by atoms with van der Waals surface area (Å²) in [6.07, 6.45) is 1.91. The molecule has 0 amide bonds. The molecule has 0 bridgehead atoms. The average Bonchev–Trinajstić information content (AvgIpc) is 2.23. The number of benzene rings is 1. The number of rotatable bonds is 6. The standard InChI is InChI=1S/C11H16O3S2/c1-16(13,14)7-3-6-15-11-5-2-4-10(8-11)9-12/h2,4-5,8,12H,3,6-7,9H2,1H3. The van der Waals surface area contributed by atoms with E-state index in [1.54, 1.807) is 11.8 Å². The molecule has 0 heterocycles. The molecule has 0 saturated carbocycles. The Morgan fingerprint density at radius 2 is 2.12 bits per heavy atom. The summed E-state index contributed by atoms with van der Waals surface area (Å²) in [5.74, 6) is 1.02. The number of thioether (sulfide) groups is 1. The van der Waals surface area contributed by atoms with Crippen LogP contribution in [0.4, 0.5) is 0 Å². The van der Waals surface area contributed by atoms with Gasteiger partial charge in [-0.25, -0.2) is 8.42 Å². The smallest absolute Gasteiger partial charge is 0.147 e. The van der Waals surface area contributed by atoms with Crippen LogP contribution in [0.1, 0.15) is 12.0 Å². The Labute approximate surface area is 101 Å². The molecular weight excluding hydrogens is 244 g/mol. The second kappa shape index (κ2) is 6.27. The number of sulfone groups is 1. The SMILES string of the molecule is CS(=O)(=O)CCCSc1cccc(CO)c1. The molecule has 0 aliphatic carbocycles. The average molecular weight is 260 g/mol. The van der Waals surface area contributed by atoms with Crippen LogP contribution in [0, 0.1) is 0 Å². The topological polar surface area (TPSA) is 54.4 Å². The van der Waals surface area contributed by atoms with Gasteiger partial charge in [-0.1, -0.05) is 12.1 Å². The lowest BCUT2D eigenvalue weighted by Crippen LogP contribution is -2.03. The zero-order valence-electron chi connectivity index (χ0n) is 9.22. The van der Waals surface area contributed by atoms with Crippen LogP contribution in [-0.2, 0) is 16.4 Å². The van der Waals surface area contributed by atoms with Crippen LogP contribution < -0.4 is 0 Å². The van der Waals surface area contributed by atoms with E-state index in [1.807, 2.05) is 24.3 Å². The van der Waals surface area contributed by atoms with E-state index >= 15 is 0 Å². The van der Waals surface area contributed by atoms with E-state index in [4.69, 9.17) is 5.11 Å². The summed E-state index contributed by atoms with van der Waals surface area (Å²) in [4.78, 5) is 1.07. The normalized spacial score (nSPS) is 11.6. The van der Waals surface area contributed by atoms with Crippen molar-refractivity contribution in [3.05, 3.63) is 29.8 Å². The van der Waals surface area contributed by atoms with Crippen LogP contribution in [0.3, 0.4) is 0 Å². The quantitative estimate of drug-likeness (QED) is 0.625. The maximum absolute atomic E-state index is 10.9. The first-order chi connectivity index (χ1) is 7.51. The molecule has 0 aliphatic rings. The highest BCUT2D eigenvalue weighted by Crippen LogP contribution is 2.20. The molecule has 5 heteroatoms. The molecule has 16 heavy (non-hydrogen) atoms. The van der Waals surface area contributed by atoms with E-state index in [-0.39, 0.29) is 12.4 Å². The predicted molar refractivity (Wildman–Crippen MR) is 67.4 cm³/mol. The van der Waals surface area contributed by atoms with E-state index in [1.165, 1.54) is 6.26 Å². The van der Waals surface area contributed by atoms with Gasteiger partial charge in [0, 0.05) is 11.2 Å². The summed E-state index contributed by atoms with van der Waals surface area (Å²) in [5.41, 5.74) is 0.883. The highest BCUT2D eigenvalue weighted by molar-refractivity contribution is 7.99. The fraction of sp³-hybridized carbons (Fsp3) is 0.455. The number of aliphatic hydroxyl groups excluding tert-OH is 1. The van der Waals surface area contributed by atoms with Gasteiger partial charge < -0.3 is 5.11 Å². The van der Waals surface area contributed by atoms with Gasteiger partial charge in [-0.2, -0.15) is 0 Å². The summed E-state index contributed by atoms with van der Waals surface area (Å²) >= 11 is 1.62. The molecule has 1 aromatic rings. The fourth-order valence-corrected chi connectivity index (χ4v) is 3.03. The Balaban J connectivity index is 2.37. The maximum atomic E-state index is 10.9. The maximum Gasteiger partial charge on any atom is 0.147 e. The van der Waals surface area contributed by atoms with Crippen molar-refractivity contribution in [2.75, 3.05) is 17.8 Å². The highest BCUT2D eigenvalue weighted by atomic mass is 32.2. The minimum atomic E-state index is -2.84. The van der Waals surface area contributed by atoms with Crippen molar-refractivity contribution >= 4 is 21.6 Å². The zero-order chi connectivity index (χ0) is 12.0. The molecule has 3 nitrogen and oxygen atoms in total. The largest absolute Gasteiger partial charge is 0.392 e. The Morgan fingerprint density at radius 1 is 1.38 bits per heavy atom. The van der Waals surface area contributed by atoms with Gasteiger partial charge in [0.2, 0.25) is 0 Å². The molecule has 90 valence electrons. The van der Waals surface area contributed by atoms with Crippen LogP contribution in [0.2, 0.25) is 0 Å². The second-order valence-corrected chi connectivity index (χ2v) is 7.07. The Kier molecular flexibility index (Phi) is 5.31. The van der Waals surface area contributed by atoms with Crippen LogP contribution in [0.15, 0.2) is 29.2 Å². The first-order valence-electron chi connectivity index (χ1n) is 5.01. The van der Waals surface area contributed by atoms with Gasteiger partial charge in [0.15, 0.2) is 0 Å². The number of aliphatic hydroxyl groups is 1. The third kappa shape index (κ3) is 5.53. The predicted octanol–water partition coefficient (Wildman–Crippen LogP) is 1.71. The fourth-order valence-electron chi connectivity index (χ4n) is 1.24. The molecule has 0 unspecified atom stereocenters. The third-order valence-corrected chi connectivity index (χ3v) is 4.12. The van der Waals surface area contributed by atoms with Gasteiger partial charge in [0.05, 0.1) is 12.4 Å². The van der Waals surface area contributed by atoms with Crippen LogP contribution in [0.5, 0.6) is 0 Å². The molecule has 0 aromatic heterocycles. The van der Waals surface area contributed by atoms with Crippen molar-refractivity contribution in [2.45, 2.75) is 17.9 Å². The van der Waals surface area contributed by atoms with Crippen molar-refractivity contribution in [1.82, 2.24) is 0 Å². The lowest BCUT2D eigenvalue weighted by atomic mass is 10.2. The molecule has 1 aromatic carbocycles. The van der Waals surface area contributed by atoms with Gasteiger partial charge in [-0.3, -0.25) is 0 Å². The van der Waals surface area contributed by atoms with Crippen molar-refractivity contribution in [1.29, 1.82) is 0 Å². The lowest BCUT2D eigenvalue weighted by Gasteiger charge is -2.03. The third-order valence-electron chi connectivity index (χ3n) is 2.01. The van der Waals surface area contributed by atoms with Gasteiger partial charge in [-0.15, -0.1) is 11.8 Å². The van der Waals surface area contributed by atoms with Crippen LogP contribution in [-0.4, -0.2) is 31.3 Å². The van der Waals surface area contributed by atoms with Gasteiger partial charge >= 0.3 is 0 Å². The van der Waals surface area contributed by atoms with E-state index in [0.717, 1.165) is 16.2 Å². The molecule has 0 radical (unpaired) electrons. The van der Waals surface area contributed by atoms with E-state index < -0.39 is 9.84 Å². The summed E-state index contributed by atoms with van der Waals surface area (Å²) in [6.45, 7) is 0.0394. The Bertz CT molecular complexity index is 427. The Hall–Kier alpha value is -0.520. The highest BCUT2D eigenvalue weighted by Gasteiger charge is 2.02. The monoisotopic (exact) mass is 260 g/mol. The van der Waals surface area contributed by atoms with Crippen molar-refractivity contribution in [3.8, 4) is 0 Å². The first-order valence-corrected chi connectivity index (χ1v) is 8.06.